The van der Waals surface area contributed by atoms with Crippen LogP contribution in [-0.4, -0.2) is 44.4 Å². The van der Waals surface area contributed by atoms with Gasteiger partial charge in [0.05, 0.1) is 6.54 Å². The van der Waals surface area contributed by atoms with Gasteiger partial charge in [0.15, 0.2) is 0 Å². The van der Waals surface area contributed by atoms with Crippen molar-refractivity contribution < 1.29 is 18.7 Å². The van der Waals surface area contributed by atoms with Gasteiger partial charge in [-0.15, -0.1) is 0 Å². The van der Waals surface area contributed by atoms with Crippen molar-refractivity contribution in [2.45, 2.75) is 31.5 Å². The highest BCUT2D eigenvalue weighted by Crippen LogP contribution is 2.22. The fourth-order valence-corrected chi connectivity index (χ4v) is 2.54. The topological polar surface area (TPSA) is 59.6 Å². The number of halogens is 1. The molecule has 22 heavy (non-hydrogen) atoms. The van der Waals surface area contributed by atoms with Gasteiger partial charge >= 0.3 is 0 Å². The van der Waals surface area contributed by atoms with Gasteiger partial charge in [0.1, 0.15) is 23.3 Å². The normalized spacial score (nSPS) is 18.5. The molecule has 1 fully saturated rings. The second kappa shape index (κ2) is 7.56. The summed E-state index contributed by atoms with van der Waals surface area (Å²) in [7, 11) is 1.57. The highest BCUT2D eigenvalue weighted by atomic mass is 19.1. The summed E-state index contributed by atoms with van der Waals surface area (Å²) in [6.45, 7) is 3.76. The third-order valence-electron chi connectivity index (χ3n) is 3.92. The molecule has 1 aliphatic rings. The predicted molar refractivity (Wildman–Crippen MR) is 81.3 cm³/mol. The summed E-state index contributed by atoms with van der Waals surface area (Å²) in [5, 5.41) is 6.10. The monoisotopic (exact) mass is 310 g/mol. The molecule has 1 aliphatic heterocycles. The van der Waals surface area contributed by atoms with Crippen LogP contribution >= 0.6 is 0 Å². The number of amides is 1. The number of hydrogen-bond donors (Lipinski definition) is 2. The second-order valence-electron chi connectivity index (χ2n) is 5.54. The van der Waals surface area contributed by atoms with E-state index in [4.69, 9.17) is 9.47 Å². The number of carbonyl (C=O) groups excluding carboxylic acids is 1. The van der Waals surface area contributed by atoms with E-state index in [1.165, 1.54) is 12.1 Å². The molecular weight excluding hydrogens is 287 g/mol. The van der Waals surface area contributed by atoms with Crippen LogP contribution in [-0.2, 0) is 9.53 Å². The molecule has 2 rings (SSSR count). The van der Waals surface area contributed by atoms with E-state index in [0.29, 0.717) is 25.1 Å². The molecule has 1 aromatic rings. The predicted octanol–water partition coefficient (Wildman–Crippen LogP) is 1.48. The van der Waals surface area contributed by atoms with E-state index < -0.39 is 5.60 Å². The van der Waals surface area contributed by atoms with Crippen molar-refractivity contribution in [3.05, 3.63) is 30.1 Å². The Labute approximate surface area is 130 Å². The third-order valence-corrected chi connectivity index (χ3v) is 3.92. The number of methoxy groups -OCH3 is 1. The molecule has 1 aromatic carbocycles. The van der Waals surface area contributed by atoms with Crippen LogP contribution < -0.4 is 15.4 Å². The Kier molecular flexibility index (Phi) is 5.74. The van der Waals surface area contributed by atoms with Crippen LogP contribution in [0.5, 0.6) is 5.75 Å². The summed E-state index contributed by atoms with van der Waals surface area (Å²) in [5.74, 6) is 0.166. The van der Waals surface area contributed by atoms with Crippen LogP contribution in [0.4, 0.5) is 4.39 Å². The van der Waals surface area contributed by atoms with Crippen LogP contribution in [0.3, 0.4) is 0 Å². The summed E-state index contributed by atoms with van der Waals surface area (Å²) >= 11 is 0. The van der Waals surface area contributed by atoms with Gasteiger partial charge in [-0.1, -0.05) is 0 Å². The fourth-order valence-electron chi connectivity index (χ4n) is 2.54. The van der Waals surface area contributed by atoms with Crippen molar-refractivity contribution in [2.75, 3.05) is 26.7 Å². The van der Waals surface area contributed by atoms with Crippen LogP contribution in [0.1, 0.15) is 19.8 Å². The van der Waals surface area contributed by atoms with E-state index in [-0.39, 0.29) is 17.8 Å². The number of benzene rings is 1. The van der Waals surface area contributed by atoms with Gasteiger partial charge in [-0.05, 0) is 57.1 Å². The second-order valence-corrected chi connectivity index (χ2v) is 5.54. The highest BCUT2D eigenvalue weighted by Gasteiger charge is 2.39. The van der Waals surface area contributed by atoms with E-state index in [1.807, 2.05) is 6.92 Å². The Hall–Kier alpha value is -1.66. The molecule has 6 heteroatoms. The summed E-state index contributed by atoms with van der Waals surface area (Å²) < 4.78 is 23.9. The van der Waals surface area contributed by atoms with Crippen molar-refractivity contribution in [1.29, 1.82) is 0 Å². The first-order chi connectivity index (χ1) is 10.6. The molecule has 0 aliphatic carbocycles. The minimum atomic E-state index is -0.749. The van der Waals surface area contributed by atoms with E-state index in [0.717, 1.165) is 13.1 Å². The van der Waals surface area contributed by atoms with Gasteiger partial charge in [0.2, 0.25) is 0 Å². The first-order valence-electron chi connectivity index (χ1n) is 7.52. The molecule has 1 amide bonds. The van der Waals surface area contributed by atoms with Crippen molar-refractivity contribution in [1.82, 2.24) is 10.6 Å². The maximum atomic E-state index is 12.8. The standard InChI is InChI=1S/C16H23FN2O3/c1-12(22-14-5-3-13(17)4-6-14)11-19-15(20)16(21-2)7-9-18-10-8-16/h3-6,12,18H,7-11H2,1-2H3,(H,19,20). The smallest absolute Gasteiger partial charge is 0.252 e. The Balaban J connectivity index is 1.83. The Morgan fingerprint density at radius 3 is 2.59 bits per heavy atom. The lowest BCUT2D eigenvalue weighted by atomic mass is 9.91. The van der Waals surface area contributed by atoms with E-state index in [9.17, 15) is 9.18 Å². The van der Waals surface area contributed by atoms with Crippen LogP contribution in [0, 0.1) is 5.82 Å². The van der Waals surface area contributed by atoms with Crippen molar-refractivity contribution >= 4 is 5.91 Å². The molecule has 0 saturated carbocycles. The number of ether oxygens (including phenoxy) is 2. The van der Waals surface area contributed by atoms with Crippen molar-refractivity contribution in [3.8, 4) is 5.75 Å². The number of rotatable bonds is 6. The molecule has 0 radical (unpaired) electrons. The van der Waals surface area contributed by atoms with Gasteiger partial charge in [0.25, 0.3) is 5.91 Å². The summed E-state index contributed by atoms with van der Waals surface area (Å²) in [4.78, 5) is 12.4. The molecule has 0 spiro atoms. The number of hydrogen-bond acceptors (Lipinski definition) is 4. The number of nitrogens with one attached hydrogen (secondary N) is 2. The molecule has 0 bridgehead atoms. The lowest BCUT2D eigenvalue weighted by Gasteiger charge is -2.35. The molecule has 1 atom stereocenters. The van der Waals surface area contributed by atoms with E-state index in [1.54, 1.807) is 19.2 Å². The highest BCUT2D eigenvalue weighted by molar-refractivity contribution is 5.85. The van der Waals surface area contributed by atoms with Gasteiger partial charge < -0.3 is 20.1 Å². The zero-order chi connectivity index (χ0) is 16.0. The molecular formula is C16H23FN2O3. The van der Waals surface area contributed by atoms with Gasteiger partial charge in [-0.25, -0.2) is 4.39 Å². The van der Waals surface area contributed by atoms with Crippen molar-refractivity contribution in [2.24, 2.45) is 0 Å². The molecule has 1 heterocycles. The summed E-state index contributed by atoms with van der Waals surface area (Å²) in [5.41, 5.74) is -0.749. The van der Waals surface area contributed by atoms with Crippen LogP contribution in [0.15, 0.2) is 24.3 Å². The Bertz CT molecular complexity index is 487. The van der Waals surface area contributed by atoms with Crippen molar-refractivity contribution in [3.63, 3.8) is 0 Å². The van der Waals surface area contributed by atoms with Gasteiger partial charge in [-0.2, -0.15) is 0 Å². The first-order valence-corrected chi connectivity index (χ1v) is 7.52. The van der Waals surface area contributed by atoms with Gasteiger partial charge in [0, 0.05) is 7.11 Å². The van der Waals surface area contributed by atoms with Gasteiger partial charge in [-0.3, -0.25) is 4.79 Å². The minimum absolute atomic E-state index is 0.106. The average molecular weight is 310 g/mol. The third kappa shape index (κ3) is 4.18. The summed E-state index contributed by atoms with van der Waals surface area (Å²) in [6.07, 6.45) is 1.09. The fraction of sp³-hybridized carbons (Fsp3) is 0.562. The largest absolute Gasteiger partial charge is 0.489 e. The number of carbonyl (C=O) groups is 1. The molecule has 2 N–H and O–H groups in total. The number of piperidine rings is 1. The van der Waals surface area contributed by atoms with E-state index in [2.05, 4.69) is 10.6 Å². The van der Waals surface area contributed by atoms with Crippen LogP contribution in [0.25, 0.3) is 0 Å². The van der Waals surface area contributed by atoms with Crippen LogP contribution in [0.2, 0.25) is 0 Å². The summed E-state index contributed by atoms with van der Waals surface area (Å²) in [6, 6.07) is 5.82. The first kappa shape index (κ1) is 16.7. The maximum absolute atomic E-state index is 12.8. The molecule has 1 saturated heterocycles. The molecule has 0 aromatic heterocycles. The SMILES string of the molecule is COC1(C(=O)NCC(C)Oc2ccc(F)cc2)CCNCC1. The lowest BCUT2D eigenvalue weighted by molar-refractivity contribution is -0.147. The quantitative estimate of drug-likeness (QED) is 0.835. The van der Waals surface area contributed by atoms with E-state index >= 15 is 0 Å². The zero-order valence-corrected chi connectivity index (χ0v) is 13.0. The minimum Gasteiger partial charge on any atom is -0.489 e. The lowest BCUT2D eigenvalue weighted by Crippen LogP contribution is -2.55. The Morgan fingerprint density at radius 1 is 1.36 bits per heavy atom. The molecule has 122 valence electrons. The Morgan fingerprint density at radius 2 is 2.00 bits per heavy atom. The molecule has 5 nitrogen and oxygen atoms in total. The maximum Gasteiger partial charge on any atom is 0.252 e. The average Bonchev–Trinajstić information content (AvgIpc) is 2.55. The molecule has 1 unspecified atom stereocenters. The zero-order valence-electron chi connectivity index (χ0n) is 13.0.